The molecule has 11 N–H and O–H groups in total. The summed E-state index contributed by atoms with van der Waals surface area (Å²) in [5, 5.41) is 19.5. The van der Waals surface area contributed by atoms with Gasteiger partial charge in [-0.15, -0.1) is 0 Å². The SMILES string of the molecule is CC(C)C[C@@H](NC(=O)[C@H](CC(=O)[C@H](N)Cc1ccccc1)Cc1ccccc1)C(=O)C[C@@H]1CCCCNC(=O)CNC(=O)[C@H](NC(=O)[C@@H](CC(C)C)NC(=O)[C@H](CC(=O)[C@H](N)Cc2ccccc2)Cc2ccccc2)CCCCNC(=O)CNC1=O. The van der Waals surface area contributed by atoms with Crippen molar-refractivity contribution in [3.8, 4) is 0 Å². The number of benzene rings is 4. The Morgan fingerprint density at radius 2 is 0.849 bits per heavy atom. The predicted octanol–water partition coefficient (Wildman–Crippen LogP) is 4.70. The molecule has 19 nitrogen and oxygen atoms in total. The molecule has 0 aliphatic carbocycles. The van der Waals surface area contributed by atoms with E-state index in [0.717, 1.165) is 22.3 Å². The number of nitrogens with one attached hydrogen (secondary N) is 7. The highest BCUT2D eigenvalue weighted by atomic mass is 16.2. The lowest BCUT2D eigenvalue weighted by molar-refractivity contribution is -0.135. The summed E-state index contributed by atoms with van der Waals surface area (Å²) in [4.78, 5) is 138. The fraction of sp³-hybridized carbons (Fsp3) is 0.493. The van der Waals surface area contributed by atoms with E-state index in [9.17, 15) is 47.9 Å². The van der Waals surface area contributed by atoms with Gasteiger partial charge in [0.15, 0.2) is 17.3 Å². The maximum atomic E-state index is 14.3. The Kier molecular flexibility index (Phi) is 29.5. The number of carbonyl (C=O) groups excluding carboxylic acids is 10. The topological polar surface area (TPSA) is 307 Å². The Hall–Kier alpha value is -7.90. The number of rotatable bonds is 27. The van der Waals surface area contributed by atoms with Crippen LogP contribution in [0.4, 0.5) is 0 Å². The van der Waals surface area contributed by atoms with Gasteiger partial charge < -0.3 is 48.7 Å². The first-order valence-electron chi connectivity index (χ1n) is 30.5. The lowest BCUT2D eigenvalue weighted by Crippen LogP contribution is -2.55. The Morgan fingerprint density at radius 3 is 1.28 bits per heavy atom. The monoisotopic (exact) mass is 1180 g/mol. The van der Waals surface area contributed by atoms with Gasteiger partial charge in [-0.25, -0.2) is 0 Å². The summed E-state index contributed by atoms with van der Waals surface area (Å²) >= 11 is 0. The fourth-order valence-corrected chi connectivity index (χ4v) is 10.5. The van der Waals surface area contributed by atoms with Gasteiger partial charge in [0.1, 0.15) is 12.1 Å². The molecule has 1 saturated heterocycles. The van der Waals surface area contributed by atoms with Crippen molar-refractivity contribution in [1.82, 2.24) is 37.2 Å². The van der Waals surface area contributed by atoms with Crippen molar-refractivity contribution in [3.63, 3.8) is 0 Å². The Morgan fingerprint density at radius 1 is 0.465 bits per heavy atom. The first-order chi connectivity index (χ1) is 41.2. The van der Waals surface area contributed by atoms with Gasteiger partial charge in [0, 0.05) is 50.1 Å². The van der Waals surface area contributed by atoms with Crippen molar-refractivity contribution in [2.45, 2.75) is 154 Å². The Balaban J connectivity index is 1.21. The predicted molar refractivity (Wildman–Crippen MR) is 330 cm³/mol. The van der Waals surface area contributed by atoms with Crippen LogP contribution in [0.3, 0.4) is 0 Å². The first kappa shape index (κ1) is 68.9. The van der Waals surface area contributed by atoms with E-state index in [1.165, 1.54) is 0 Å². The quantitative estimate of drug-likeness (QED) is 0.0393. The molecule has 4 aromatic carbocycles. The Labute approximate surface area is 506 Å². The van der Waals surface area contributed by atoms with Crippen LogP contribution >= 0.6 is 0 Å². The molecule has 19 heteroatoms. The standard InChI is InChI=1S/C67H91N9O10/c1-44(2)33-56(75-64(83)51(35-46-21-9-5-10-22-46)40-58(77)53(68)37-48-25-13-7-14-26-48)60(79)39-50-29-17-19-31-70-62(81)43-73-66(85)55(30-18-20-32-71-61(80)42-72-63(50)82)74-67(86)57(34-45(3)4)76-65(84)52(36-47-23-11-6-12-24-47)41-59(78)54(69)38-49-27-15-8-16-28-49/h5-16,21-28,44-45,50-57H,17-20,29-43,68-69H2,1-4H3,(H,70,81)(H,71,80)(H,72,82)(H,73,85)(H,74,86)(H,75,83)(H,76,84)/t50-,51-,52-,53+,54+,55+,56+,57+/m0/s1. The van der Waals surface area contributed by atoms with E-state index in [1.807, 2.05) is 149 Å². The normalized spacial score (nSPS) is 18.0. The van der Waals surface area contributed by atoms with E-state index >= 15 is 0 Å². The second-order valence-electron chi connectivity index (χ2n) is 23.6. The van der Waals surface area contributed by atoms with Crippen LogP contribution in [0.15, 0.2) is 121 Å². The van der Waals surface area contributed by atoms with Crippen LogP contribution in [0, 0.1) is 29.6 Å². The van der Waals surface area contributed by atoms with Crippen LogP contribution in [-0.4, -0.2) is 115 Å². The zero-order valence-electron chi connectivity index (χ0n) is 50.5. The molecule has 1 aliphatic heterocycles. The third kappa shape index (κ3) is 25.4. The van der Waals surface area contributed by atoms with E-state index in [1.54, 1.807) is 0 Å². The molecule has 1 fully saturated rings. The third-order valence-electron chi connectivity index (χ3n) is 15.3. The molecule has 0 unspecified atom stereocenters. The van der Waals surface area contributed by atoms with Crippen molar-refractivity contribution >= 4 is 58.7 Å². The zero-order valence-corrected chi connectivity index (χ0v) is 50.5. The first-order valence-corrected chi connectivity index (χ1v) is 30.5. The number of Topliss-reactive ketones (excluding diaryl/α,β-unsaturated/α-hetero) is 3. The molecule has 8 atom stereocenters. The summed E-state index contributed by atoms with van der Waals surface area (Å²) in [7, 11) is 0. The van der Waals surface area contributed by atoms with Gasteiger partial charge in [-0.05, 0) is 105 Å². The molecule has 464 valence electrons. The lowest BCUT2D eigenvalue weighted by atomic mass is 9.87. The highest BCUT2D eigenvalue weighted by Crippen LogP contribution is 2.22. The summed E-state index contributed by atoms with van der Waals surface area (Å²) in [5.41, 5.74) is 16.2. The van der Waals surface area contributed by atoms with Gasteiger partial charge in [0.2, 0.25) is 41.4 Å². The van der Waals surface area contributed by atoms with E-state index in [4.69, 9.17) is 11.5 Å². The number of amides is 7. The minimum absolute atomic E-state index is 0.0424. The van der Waals surface area contributed by atoms with Crippen LogP contribution in [0.2, 0.25) is 0 Å². The van der Waals surface area contributed by atoms with Crippen LogP contribution in [0.5, 0.6) is 0 Å². The number of hydrogen-bond acceptors (Lipinski definition) is 12. The van der Waals surface area contributed by atoms with Crippen molar-refractivity contribution in [2.24, 2.45) is 41.1 Å². The van der Waals surface area contributed by atoms with E-state index in [0.29, 0.717) is 38.5 Å². The molecule has 0 radical (unpaired) electrons. The average molecular weight is 1180 g/mol. The molecule has 1 heterocycles. The summed E-state index contributed by atoms with van der Waals surface area (Å²) in [6.07, 6.45) is 2.68. The van der Waals surface area contributed by atoms with E-state index < -0.39 is 102 Å². The van der Waals surface area contributed by atoms with E-state index in [-0.39, 0.29) is 100 Å². The molecule has 1 aliphatic rings. The van der Waals surface area contributed by atoms with Gasteiger partial charge in [-0.2, -0.15) is 0 Å². The van der Waals surface area contributed by atoms with Gasteiger partial charge in [0.05, 0.1) is 31.2 Å². The summed E-state index contributed by atoms with van der Waals surface area (Å²) in [6, 6.07) is 32.3. The van der Waals surface area contributed by atoms with Crippen LogP contribution in [-0.2, 0) is 73.6 Å². The molecule has 4 aromatic rings. The second-order valence-corrected chi connectivity index (χ2v) is 23.6. The molecule has 0 bridgehead atoms. The lowest BCUT2D eigenvalue weighted by Gasteiger charge is -2.26. The van der Waals surface area contributed by atoms with Crippen molar-refractivity contribution in [3.05, 3.63) is 144 Å². The number of ketones is 3. The highest BCUT2D eigenvalue weighted by Gasteiger charge is 2.34. The van der Waals surface area contributed by atoms with Gasteiger partial charge in [-0.3, -0.25) is 47.9 Å². The van der Waals surface area contributed by atoms with Crippen molar-refractivity contribution in [2.75, 3.05) is 26.2 Å². The summed E-state index contributed by atoms with van der Waals surface area (Å²) in [5.74, 6) is -7.48. The highest BCUT2D eigenvalue weighted by molar-refractivity contribution is 5.97. The molecule has 7 amide bonds. The van der Waals surface area contributed by atoms with Gasteiger partial charge in [0.25, 0.3) is 0 Å². The molecular weight excluding hydrogens is 1090 g/mol. The van der Waals surface area contributed by atoms with Crippen molar-refractivity contribution in [1.29, 1.82) is 0 Å². The molecule has 0 saturated carbocycles. The average Bonchev–Trinajstić information content (AvgIpc) is 3.60. The largest absolute Gasteiger partial charge is 0.355 e. The minimum atomic E-state index is -1.14. The smallest absolute Gasteiger partial charge is 0.243 e. The van der Waals surface area contributed by atoms with Crippen LogP contribution < -0.4 is 48.7 Å². The zero-order chi connectivity index (χ0) is 62.4. The van der Waals surface area contributed by atoms with Gasteiger partial charge >= 0.3 is 0 Å². The van der Waals surface area contributed by atoms with Crippen molar-refractivity contribution < 1.29 is 47.9 Å². The van der Waals surface area contributed by atoms with Crippen LogP contribution in [0.1, 0.15) is 121 Å². The number of nitrogens with two attached hydrogens (primary N) is 2. The fourth-order valence-electron chi connectivity index (χ4n) is 10.5. The minimum Gasteiger partial charge on any atom is -0.355 e. The molecular formula is C67H91N9O10. The molecule has 0 spiro atoms. The molecule has 0 aromatic heterocycles. The molecule has 5 rings (SSSR count). The van der Waals surface area contributed by atoms with Gasteiger partial charge in [-0.1, -0.05) is 155 Å². The maximum Gasteiger partial charge on any atom is 0.243 e. The van der Waals surface area contributed by atoms with E-state index in [2.05, 4.69) is 37.2 Å². The molecule has 86 heavy (non-hydrogen) atoms. The summed E-state index contributed by atoms with van der Waals surface area (Å²) in [6.45, 7) is 7.11. The third-order valence-corrected chi connectivity index (χ3v) is 15.3. The van der Waals surface area contributed by atoms with Crippen LogP contribution in [0.25, 0.3) is 0 Å². The second kappa shape index (κ2) is 36.8. The number of carbonyl (C=O) groups is 10. The summed E-state index contributed by atoms with van der Waals surface area (Å²) < 4.78 is 0. The Bertz CT molecular complexity index is 2630. The maximum absolute atomic E-state index is 14.3. The number of hydrogen-bond donors (Lipinski definition) is 9.